The Balaban J connectivity index is 1.98. The molecule has 3 nitrogen and oxygen atoms in total. The van der Waals surface area contributed by atoms with Crippen LogP contribution < -0.4 is 10.2 Å². The van der Waals surface area contributed by atoms with Crippen LogP contribution in [0.1, 0.15) is 26.7 Å². The first-order valence-electron chi connectivity index (χ1n) is 7.08. The molecule has 0 bridgehead atoms. The number of carbonyl (C=O) groups is 1. The molecule has 1 unspecified atom stereocenters. The molecule has 110 valence electrons. The minimum Gasteiger partial charge on any atom is -0.325 e. The minimum atomic E-state index is -0.479. The van der Waals surface area contributed by atoms with Crippen LogP contribution in [0.2, 0.25) is 5.02 Å². The Labute approximate surface area is 124 Å². The largest absolute Gasteiger partial charge is 0.325 e. The summed E-state index contributed by atoms with van der Waals surface area (Å²) < 4.78 is 13.1. The van der Waals surface area contributed by atoms with Gasteiger partial charge in [0.25, 0.3) is 5.91 Å². The van der Waals surface area contributed by atoms with Gasteiger partial charge in [-0.05, 0) is 38.0 Å². The van der Waals surface area contributed by atoms with E-state index in [4.69, 9.17) is 11.6 Å². The molecule has 1 aromatic carbocycles. The highest BCUT2D eigenvalue weighted by Crippen LogP contribution is 2.19. The molecule has 0 spiro atoms. The number of likely N-dealkylation sites (tertiary alicyclic amines) is 1. The molecule has 1 saturated heterocycles. The van der Waals surface area contributed by atoms with Crippen LogP contribution in [0.25, 0.3) is 0 Å². The van der Waals surface area contributed by atoms with E-state index in [9.17, 15) is 9.18 Å². The van der Waals surface area contributed by atoms with Gasteiger partial charge in [-0.2, -0.15) is 0 Å². The van der Waals surface area contributed by atoms with Crippen LogP contribution in [0.4, 0.5) is 10.1 Å². The van der Waals surface area contributed by atoms with Gasteiger partial charge in [0.05, 0.1) is 18.1 Å². The lowest BCUT2D eigenvalue weighted by molar-refractivity contribution is -0.922. The van der Waals surface area contributed by atoms with E-state index < -0.39 is 5.82 Å². The van der Waals surface area contributed by atoms with Gasteiger partial charge in [0.2, 0.25) is 0 Å². The second-order valence-corrected chi connectivity index (χ2v) is 6.11. The van der Waals surface area contributed by atoms with Crippen molar-refractivity contribution < 1.29 is 14.1 Å². The van der Waals surface area contributed by atoms with Crippen molar-refractivity contribution in [3.05, 3.63) is 29.0 Å². The van der Waals surface area contributed by atoms with Gasteiger partial charge in [-0.1, -0.05) is 18.5 Å². The summed E-state index contributed by atoms with van der Waals surface area (Å²) >= 11 is 5.71. The fourth-order valence-corrected chi connectivity index (χ4v) is 2.91. The molecule has 0 aromatic heterocycles. The van der Waals surface area contributed by atoms with Crippen molar-refractivity contribution in [1.82, 2.24) is 0 Å². The van der Waals surface area contributed by atoms with E-state index in [1.54, 1.807) is 0 Å². The summed E-state index contributed by atoms with van der Waals surface area (Å²) in [7, 11) is 0. The van der Waals surface area contributed by atoms with Crippen LogP contribution in [-0.2, 0) is 4.79 Å². The van der Waals surface area contributed by atoms with Crippen molar-refractivity contribution in [1.29, 1.82) is 0 Å². The van der Waals surface area contributed by atoms with Gasteiger partial charge in [0, 0.05) is 11.6 Å². The highest BCUT2D eigenvalue weighted by atomic mass is 35.5. The monoisotopic (exact) mass is 299 g/mol. The normalized spacial score (nSPS) is 24.2. The molecule has 1 aliphatic heterocycles. The van der Waals surface area contributed by atoms with E-state index in [1.807, 2.05) is 6.92 Å². The smallest absolute Gasteiger partial charge is 0.282 e. The van der Waals surface area contributed by atoms with E-state index in [2.05, 4.69) is 12.2 Å². The van der Waals surface area contributed by atoms with Crippen molar-refractivity contribution in [2.75, 3.05) is 18.4 Å². The van der Waals surface area contributed by atoms with Crippen LogP contribution >= 0.6 is 11.6 Å². The molecule has 0 radical (unpaired) electrons. The SMILES string of the molecule is C[C@@H]1CCC[NH+]([C@@H](C)C(=O)Nc2ccc(F)c(Cl)c2)C1. The number of halogens is 2. The number of piperidine rings is 1. The summed E-state index contributed by atoms with van der Waals surface area (Å²) in [5.74, 6) is 0.138. The summed E-state index contributed by atoms with van der Waals surface area (Å²) in [6.45, 7) is 6.22. The summed E-state index contributed by atoms with van der Waals surface area (Å²) in [5, 5.41) is 2.83. The third kappa shape index (κ3) is 3.70. The Kier molecular flexibility index (Phi) is 5.00. The molecular weight excluding hydrogens is 279 g/mol. The summed E-state index contributed by atoms with van der Waals surface area (Å²) in [5.41, 5.74) is 0.540. The summed E-state index contributed by atoms with van der Waals surface area (Å²) in [6.07, 6.45) is 2.40. The number of amides is 1. The van der Waals surface area contributed by atoms with E-state index in [-0.39, 0.29) is 17.0 Å². The van der Waals surface area contributed by atoms with Gasteiger partial charge in [-0.25, -0.2) is 4.39 Å². The number of nitrogens with one attached hydrogen (secondary N) is 2. The molecule has 0 aliphatic carbocycles. The highest BCUT2D eigenvalue weighted by molar-refractivity contribution is 6.31. The number of hydrogen-bond acceptors (Lipinski definition) is 1. The van der Waals surface area contributed by atoms with Gasteiger partial charge >= 0.3 is 0 Å². The van der Waals surface area contributed by atoms with Crippen molar-refractivity contribution in [2.45, 2.75) is 32.7 Å². The third-order valence-electron chi connectivity index (χ3n) is 4.00. The van der Waals surface area contributed by atoms with Gasteiger partial charge in [0.1, 0.15) is 5.82 Å². The first kappa shape index (κ1) is 15.3. The minimum absolute atomic E-state index is 0.0226. The van der Waals surface area contributed by atoms with Crippen molar-refractivity contribution in [2.24, 2.45) is 5.92 Å². The topological polar surface area (TPSA) is 33.5 Å². The van der Waals surface area contributed by atoms with Gasteiger partial charge in [-0.15, -0.1) is 0 Å². The molecule has 1 heterocycles. The number of anilines is 1. The van der Waals surface area contributed by atoms with Crippen LogP contribution in [-0.4, -0.2) is 25.0 Å². The maximum atomic E-state index is 13.1. The number of carbonyl (C=O) groups excluding carboxylic acids is 1. The lowest BCUT2D eigenvalue weighted by Crippen LogP contribution is -3.17. The van der Waals surface area contributed by atoms with E-state index in [0.29, 0.717) is 11.6 Å². The Morgan fingerprint density at radius 3 is 2.95 bits per heavy atom. The van der Waals surface area contributed by atoms with Crippen LogP contribution in [0, 0.1) is 11.7 Å². The molecule has 20 heavy (non-hydrogen) atoms. The molecule has 5 heteroatoms. The number of hydrogen-bond donors (Lipinski definition) is 2. The molecule has 2 rings (SSSR count). The molecule has 1 fully saturated rings. The molecular formula is C15H21ClFN2O+. The highest BCUT2D eigenvalue weighted by Gasteiger charge is 2.29. The maximum absolute atomic E-state index is 13.1. The number of benzene rings is 1. The predicted octanol–water partition coefficient (Wildman–Crippen LogP) is 2.12. The zero-order valence-electron chi connectivity index (χ0n) is 11.9. The van der Waals surface area contributed by atoms with E-state index in [0.717, 1.165) is 19.5 Å². The number of quaternary nitrogens is 1. The quantitative estimate of drug-likeness (QED) is 0.881. The second-order valence-electron chi connectivity index (χ2n) is 5.70. The molecule has 1 aliphatic rings. The molecule has 1 aromatic rings. The fraction of sp³-hybridized carbons (Fsp3) is 0.533. The number of rotatable bonds is 3. The van der Waals surface area contributed by atoms with Gasteiger partial charge in [0.15, 0.2) is 6.04 Å². The Morgan fingerprint density at radius 1 is 1.55 bits per heavy atom. The zero-order valence-corrected chi connectivity index (χ0v) is 12.6. The van der Waals surface area contributed by atoms with Crippen molar-refractivity contribution >= 4 is 23.2 Å². The molecule has 1 amide bonds. The standard InChI is InChI=1S/C15H20ClFN2O/c1-10-4-3-7-19(9-10)11(2)15(20)18-12-5-6-14(17)13(16)8-12/h5-6,8,10-11H,3-4,7,9H2,1-2H3,(H,18,20)/p+1/t10-,11+/m1/s1. The Bertz CT molecular complexity index is 495. The third-order valence-corrected chi connectivity index (χ3v) is 4.29. The zero-order chi connectivity index (χ0) is 14.7. The van der Waals surface area contributed by atoms with Crippen molar-refractivity contribution in [3.63, 3.8) is 0 Å². The first-order chi connectivity index (χ1) is 9.47. The van der Waals surface area contributed by atoms with Crippen molar-refractivity contribution in [3.8, 4) is 0 Å². The van der Waals surface area contributed by atoms with Crippen LogP contribution in [0.15, 0.2) is 18.2 Å². The predicted molar refractivity (Wildman–Crippen MR) is 78.6 cm³/mol. The lowest BCUT2D eigenvalue weighted by atomic mass is 9.99. The average Bonchev–Trinajstić information content (AvgIpc) is 2.42. The Morgan fingerprint density at radius 2 is 2.30 bits per heavy atom. The van der Waals surface area contributed by atoms with E-state index >= 15 is 0 Å². The second kappa shape index (κ2) is 6.55. The van der Waals surface area contributed by atoms with Crippen LogP contribution in [0.3, 0.4) is 0 Å². The molecule has 3 atom stereocenters. The summed E-state index contributed by atoms with van der Waals surface area (Å²) in [6, 6.07) is 4.12. The van der Waals surface area contributed by atoms with E-state index in [1.165, 1.54) is 29.5 Å². The summed E-state index contributed by atoms with van der Waals surface area (Å²) in [4.78, 5) is 13.6. The fourth-order valence-electron chi connectivity index (χ4n) is 2.73. The molecule has 0 saturated carbocycles. The first-order valence-corrected chi connectivity index (χ1v) is 7.45. The van der Waals surface area contributed by atoms with Gasteiger partial charge in [-0.3, -0.25) is 4.79 Å². The lowest BCUT2D eigenvalue weighted by Gasteiger charge is -2.31. The van der Waals surface area contributed by atoms with Crippen LogP contribution in [0.5, 0.6) is 0 Å². The van der Waals surface area contributed by atoms with Gasteiger partial charge < -0.3 is 10.2 Å². The Hall–Kier alpha value is -1.13. The average molecular weight is 300 g/mol. The maximum Gasteiger partial charge on any atom is 0.282 e. The molecule has 2 N–H and O–H groups in total.